The lowest BCUT2D eigenvalue weighted by Crippen LogP contribution is -2.13. The molecule has 1 N–H and O–H groups in total. The average molecular weight is 277 g/mol. The van der Waals surface area contributed by atoms with Crippen LogP contribution in [0.2, 0.25) is 0 Å². The zero-order valence-corrected chi connectivity index (χ0v) is 11.1. The molecule has 1 heterocycles. The van der Waals surface area contributed by atoms with Crippen LogP contribution in [0.25, 0.3) is 0 Å². The van der Waals surface area contributed by atoms with Crippen LogP contribution in [0.1, 0.15) is 39.7 Å². The van der Waals surface area contributed by atoms with Crippen LogP contribution in [0, 0.1) is 12.7 Å². The summed E-state index contributed by atoms with van der Waals surface area (Å²) in [4.78, 5) is 12.0. The molecule has 3 rings (SSSR count). The number of rotatable bonds is 3. The zero-order valence-electron chi connectivity index (χ0n) is 10.3. The average Bonchev–Trinajstić information content (AvgIpc) is 3.13. The Morgan fingerprint density at radius 2 is 2.21 bits per heavy atom. The number of anilines is 1. The van der Waals surface area contributed by atoms with E-state index in [4.69, 9.17) is 0 Å². The summed E-state index contributed by atoms with van der Waals surface area (Å²) in [6, 6.07) is 4.15. The second-order valence-electron chi connectivity index (χ2n) is 4.63. The summed E-state index contributed by atoms with van der Waals surface area (Å²) >= 11 is 1.39. The number of aryl methyl sites for hydroxylation is 1. The number of carbonyl (C=O) groups is 1. The third-order valence-corrected chi connectivity index (χ3v) is 4.03. The second kappa shape index (κ2) is 4.70. The molecule has 19 heavy (non-hydrogen) atoms. The van der Waals surface area contributed by atoms with Crippen molar-refractivity contribution in [3.05, 3.63) is 40.2 Å². The Hall–Kier alpha value is -1.82. The van der Waals surface area contributed by atoms with Gasteiger partial charge in [-0.1, -0.05) is 17.4 Å². The lowest BCUT2D eigenvalue weighted by Gasteiger charge is -2.04. The van der Waals surface area contributed by atoms with Gasteiger partial charge in [0.2, 0.25) is 5.13 Å². The van der Waals surface area contributed by atoms with Gasteiger partial charge in [0.1, 0.15) is 10.8 Å². The topological polar surface area (TPSA) is 54.9 Å². The van der Waals surface area contributed by atoms with E-state index in [1.807, 2.05) is 0 Å². The van der Waals surface area contributed by atoms with Crippen molar-refractivity contribution in [3.63, 3.8) is 0 Å². The summed E-state index contributed by atoms with van der Waals surface area (Å²) in [5, 5.41) is 12.1. The highest BCUT2D eigenvalue weighted by molar-refractivity contribution is 7.15. The Kier molecular flexibility index (Phi) is 3.02. The number of halogens is 1. The maximum atomic E-state index is 13.2. The lowest BCUT2D eigenvalue weighted by atomic mass is 10.1. The number of hydrogen-bond acceptors (Lipinski definition) is 4. The number of benzene rings is 1. The molecule has 6 heteroatoms. The van der Waals surface area contributed by atoms with E-state index in [0.717, 1.165) is 23.4 Å². The first-order valence-electron chi connectivity index (χ1n) is 6.04. The van der Waals surface area contributed by atoms with Crippen molar-refractivity contribution < 1.29 is 9.18 Å². The van der Waals surface area contributed by atoms with Gasteiger partial charge in [-0.25, -0.2) is 4.39 Å². The minimum atomic E-state index is -0.424. The summed E-state index contributed by atoms with van der Waals surface area (Å²) in [5.41, 5.74) is 1.05. The first kappa shape index (κ1) is 12.2. The highest BCUT2D eigenvalue weighted by Crippen LogP contribution is 2.42. The van der Waals surface area contributed by atoms with Crippen LogP contribution in [-0.4, -0.2) is 16.1 Å². The minimum absolute atomic E-state index is 0.322. The molecule has 1 aliphatic rings. The summed E-state index contributed by atoms with van der Waals surface area (Å²) in [6.07, 6.45) is 2.29. The maximum Gasteiger partial charge on any atom is 0.257 e. The van der Waals surface area contributed by atoms with E-state index in [-0.39, 0.29) is 5.91 Å². The predicted octanol–water partition coefficient (Wildman–Crippen LogP) is 3.12. The van der Waals surface area contributed by atoms with Gasteiger partial charge in [-0.2, -0.15) is 0 Å². The van der Waals surface area contributed by atoms with E-state index < -0.39 is 5.82 Å². The van der Waals surface area contributed by atoms with Crippen LogP contribution >= 0.6 is 11.3 Å². The molecule has 1 aromatic carbocycles. The molecule has 0 radical (unpaired) electrons. The molecule has 4 nitrogen and oxygen atoms in total. The van der Waals surface area contributed by atoms with Crippen molar-refractivity contribution in [1.82, 2.24) is 10.2 Å². The monoisotopic (exact) mass is 277 g/mol. The molecule has 1 saturated carbocycles. The third kappa shape index (κ3) is 2.63. The summed E-state index contributed by atoms with van der Waals surface area (Å²) in [7, 11) is 0. The minimum Gasteiger partial charge on any atom is -0.296 e. The van der Waals surface area contributed by atoms with Crippen LogP contribution in [0.5, 0.6) is 0 Å². The van der Waals surface area contributed by atoms with E-state index in [1.54, 1.807) is 13.0 Å². The van der Waals surface area contributed by atoms with Crippen molar-refractivity contribution in [2.45, 2.75) is 25.7 Å². The Morgan fingerprint density at radius 1 is 1.42 bits per heavy atom. The van der Waals surface area contributed by atoms with Gasteiger partial charge in [-0.3, -0.25) is 10.1 Å². The molecular formula is C13H12FN3OS. The highest BCUT2D eigenvalue weighted by atomic mass is 32.1. The molecule has 2 aromatic rings. The quantitative estimate of drug-likeness (QED) is 0.937. The highest BCUT2D eigenvalue weighted by Gasteiger charge is 2.27. The van der Waals surface area contributed by atoms with E-state index in [1.165, 1.54) is 23.5 Å². The van der Waals surface area contributed by atoms with Gasteiger partial charge in [0.15, 0.2) is 0 Å². The van der Waals surface area contributed by atoms with Gasteiger partial charge >= 0.3 is 0 Å². The fraction of sp³-hybridized carbons (Fsp3) is 0.308. The van der Waals surface area contributed by atoms with Gasteiger partial charge < -0.3 is 0 Å². The summed E-state index contributed by atoms with van der Waals surface area (Å²) < 4.78 is 13.2. The van der Waals surface area contributed by atoms with E-state index >= 15 is 0 Å². The smallest absolute Gasteiger partial charge is 0.257 e. The van der Waals surface area contributed by atoms with Gasteiger partial charge in [-0.15, -0.1) is 10.2 Å². The molecule has 0 unspecified atom stereocenters. The van der Waals surface area contributed by atoms with Crippen molar-refractivity contribution in [2.24, 2.45) is 0 Å². The molecule has 98 valence electrons. The van der Waals surface area contributed by atoms with E-state index in [0.29, 0.717) is 16.6 Å². The zero-order chi connectivity index (χ0) is 13.4. The molecule has 0 aliphatic heterocycles. The lowest BCUT2D eigenvalue weighted by molar-refractivity contribution is 0.102. The number of carbonyl (C=O) groups excluding carboxylic acids is 1. The van der Waals surface area contributed by atoms with Crippen LogP contribution < -0.4 is 5.32 Å². The Labute approximate surface area is 113 Å². The molecule has 0 saturated heterocycles. The third-order valence-electron chi connectivity index (χ3n) is 3.03. The van der Waals surface area contributed by atoms with Gasteiger partial charge in [-0.05, 0) is 37.5 Å². The first-order valence-corrected chi connectivity index (χ1v) is 6.86. The van der Waals surface area contributed by atoms with Crippen molar-refractivity contribution >= 4 is 22.4 Å². The number of amides is 1. The molecule has 1 aliphatic carbocycles. The van der Waals surface area contributed by atoms with Gasteiger partial charge in [0.05, 0.1) is 0 Å². The largest absolute Gasteiger partial charge is 0.296 e. The van der Waals surface area contributed by atoms with Gasteiger partial charge in [0, 0.05) is 11.5 Å². The van der Waals surface area contributed by atoms with Crippen molar-refractivity contribution in [1.29, 1.82) is 0 Å². The molecular weight excluding hydrogens is 265 g/mol. The maximum absolute atomic E-state index is 13.2. The second-order valence-corrected chi connectivity index (χ2v) is 5.64. The van der Waals surface area contributed by atoms with Crippen molar-refractivity contribution in [2.75, 3.05) is 5.32 Å². The molecule has 1 fully saturated rings. The summed E-state index contributed by atoms with van der Waals surface area (Å²) in [5.74, 6) is -0.263. The van der Waals surface area contributed by atoms with E-state index in [9.17, 15) is 9.18 Å². The molecule has 1 aromatic heterocycles. The number of nitrogens with one attached hydrogen (secondary N) is 1. The van der Waals surface area contributed by atoms with E-state index in [2.05, 4.69) is 15.5 Å². The standard InChI is InChI=1S/C13H12FN3OS/c1-7-2-5-9(14)6-10(7)11(18)15-13-17-16-12(19-13)8-3-4-8/h2,5-6,8H,3-4H2,1H3,(H,15,17,18). The Morgan fingerprint density at radius 3 is 2.95 bits per heavy atom. The molecule has 0 spiro atoms. The summed E-state index contributed by atoms with van der Waals surface area (Å²) in [6.45, 7) is 1.77. The fourth-order valence-corrected chi connectivity index (χ4v) is 2.69. The SMILES string of the molecule is Cc1ccc(F)cc1C(=O)Nc1nnc(C2CC2)s1. The predicted molar refractivity (Wildman–Crippen MR) is 71.0 cm³/mol. The number of nitrogens with zero attached hydrogens (tertiary/aromatic N) is 2. The molecule has 1 amide bonds. The normalized spacial score (nSPS) is 14.4. The fourth-order valence-electron chi connectivity index (χ4n) is 1.78. The van der Waals surface area contributed by atoms with Crippen LogP contribution in [0.3, 0.4) is 0 Å². The van der Waals surface area contributed by atoms with Crippen LogP contribution in [-0.2, 0) is 0 Å². The van der Waals surface area contributed by atoms with Crippen LogP contribution in [0.4, 0.5) is 9.52 Å². The van der Waals surface area contributed by atoms with Gasteiger partial charge in [0.25, 0.3) is 5.91 Å². The Bertz CT molecular complexity index is 637. The van der Waals surface area contributed by atoms with Crippen LogP contribution in [0.15, 0.2) is 18.2 Å². The molecule has 0 atom stereocenters. The first-order chi connectivity index (χ1) is 9.13. The number of hydrogen-bond donors (Lipinski definition) is 1. The molecule has 0 bridgehead atoms. The Balaban J connectivity index is 1.77. The number of aromatic nitrogens is 2. The van der Waals surface area contributed by atoms with Crippen molar-refractivity contribution in [3.8, 4) is 0 Å².